The van der Waals surface area contributed by atoms with Gasteiger partial charge in [-0.1, -0.05) is 42.0 Å². The Bertz CT molecular complexity index is 679. The average molecular weight is 283 g/mol. The molecule has 0 fully saturated rings. The average Bonchev–Trinajstić information content (AvgIpc) is 2.41. The predicted octanol–water partition coefficient (Wildman–Crippen LogP) is 4.02. The first-order valence-electron chi connectivity index (χ1n) is 6.99. The van der Waals surface area contributed by atoms with Gasteiger partial charge in [-0.2, -0.15) is 0 Å². The van der Waals surface area contributed by atoms with Gasteiger partial charge in [-0.25, -0.2) is 4.79 Å². The molecule has 0 aliphatic heterocycles. The standard InChI is InChI=1S/C18H21NO2/c1-12-9-10-15(14(3)11-12)18(4,17(20)21)19-16-8-6-5-7-13(16)2/h5-11,19H,1-4H3,(H,20,21). The van der Waals surface area contributed by atoms with Crippen LogP contribution < -0.4 is 5.32 Å². The van der Waals surface area contributed by atoms with Crippen molar-refractivity contribution >= 4 is 11.7 Å². The van der Waals surface area contributed by atoms with Gasteiger partial charge in [0.2, 0.25) is 0 Å². The largest absolute Gasteiger partial charge is 0.479 e. The van der Waals surface area contributed by atoms with Gasteiger partial charge in [-0.05, 0) is 50.5 Å². The maximum atomic E-state index is 11.9. The van der Waals surface area contributed by atoms with Crippen molar-refractivity contribution in [1.82, 2.24) is 0 Å². The van der Waals surface area contributed by atoms with Crippen molar-refractivity contribution < 1.29 is 9.90 Å². The number of carbonyl (C=O) groups is 1. The Hall–Kier alpha value is -2.29. The number of nitrogens with one attached hydrogen (secondary N) is 1. The van der Waals surface area contributed by atoms with E-state index in [0.29, 0.717) is 0 Å². The van der Waals surface area contributed by atoms with E-state index in [9.17, 15) is 9.90 Å². The first-order chi connectivity index (χ1) is 9.84. The Kier molecular flexibility index (Phi) is 4.03. The van der Waals surface area contributed by atoms with Gasteiger partial charge in [0, 0.05) is 5.69 Å². The van der Waals surface area contributed by atoms with Crippen LogP contribution in [0.5, 0.6) is 0 Å². The molecule has 3 heteroatoms. The van der Waals surface area contributed by atoms with Gasteiger partial charge < -0.3 is 10.4 Å². The molecule has 2 aromatic rings. The molecule has 0 aromatic heterocycles. The molecule has 0 radical (unpaired) electrons. The Morgan fingerprint density at radius 1 is 1.05 bits per heavy atom. The molecule has 3 nitrogen and oxygen atoms in total. The van der Waals surface area contributed by atoms with Crippen LogP contribution in [0.3, 0.4) is 0 Å². The van der Waals surface area contributed by atoms with Crippen molar-refractivity contribution in [3.8, 4) is 0 Å². The van der Waals surface area contributed by atoms with Crippen LogP contribution in [0.25, 0.3) is 0 Å². The van der Waals surface area contributed by atoms with E-state index in [2.05, 4.69) is 5.32 Å². The summed E-state index contributed by atoms with van der Waals surface area (Å²) in [7, 11) is 0. The number of benzene rings is 2. The van der Waals surface area contributed by atoms with Crippen LogP contribution in [0, 0.1) is 20.8 Å². The third-order valence-electron chi connectivity index (χ3n) is 3.88. The molecule has 0 saturated heterocycles. The number of hydrogen-bond acceptors (Lipinski definition) is 2. The maximum Gasteiger partial charge on any atom is 0.333 e. The second kappa shape index (κ2) is 5.60. The number of carboxylic acids is 1. The summed E-state index contributed by atoms with van der Waals surface area (Å²) in [5.74, 6) is -0.891. The lowest BCUT2D eigenvalue weighted by atomic mass is 9.87. The molecule has 0 spiro atoms. The number of rotatable bonds is 4. The number of para-hydroxylation sites is 1. The zero-order valence-electron chi connectivity index (χ0n) is 12.9. The molecule has 2 aromatic carbocycles. The lowest BCUT2D eigenvalue weighted by molar-refractivity contribution is -0.142. The van der Waals surface area contributed by atoms with Gasteiger partial charge in [-0.3, -0.25) is 0 Å². The second-order valence-electron chi connectivity index (χ2n) is 5.69. The van der Waals surface area contributed by atoms with Crippen LogP contribution in [-0.2, 0) is 10.3 Å². The lowest BCUT2D eigenvalue weighted by Crippen LogP contribution is -2.41. The van der Waals surface area contributed by atoms with Crippen molar-refractivity contribution in [3.63, 3.8) is 0 Å². The van der Waals surface area contributed by atoms with Gasteiger partial charge in [0.1, 0.15) is 0 Å². The number of hydrogen-bond donors (Lipinski definition) is 2. The molecular formula is C18H21NO2. The zero-order valence-corrected chi connectivity index (χ0v) is 12.9. The molecule has 0 saturated carbocycles. The Labute approximate surface area is 125 Å². The quantitative estimate of drug-likeness (QED) is 0.891. The summed E-state index contributed by atoms with van der Waals surface area (Å²) in [5.41, 5.74) is 3.58. The van der Waals surface area contributed by atoms with E-state index in [1.807, 2.05) is 63.2 Å². The monoisotopic (exact) mass is 283 g/mol. The third-order valence-corrected chi connectivity index (χ3v) is 3.88. The smallest absolute Gasteiger partial charge is 0.333 e. The normalized spacial score (nSPS) is 13.5. The molecule has 0 heterocycles. The number of carboxylic acid groups (broad SMARTS) is 1. The van der Waals surface area contributed by atoms with Crippen LogP contribution in [0.15, 0.2) is 42.5 Å². The predicted molar refractivity (Wildman–Crippen MR) is 85.7 cm³/mol. The Morgan fingerprint density at radius 3 is 2.29 bits per heavy atom. The van der Waals surface area contributed by atoms with Crippen molar-refractivity contribution in [3.05, 3.63) is 64.7 Å². The first kappa shape index (κ1) is 15.1. The number of aryl methyl sites for hydroxylation is 3. The summed E-state index contributed by atoms with van der Waals surface area (Å²) in [6.45, 7) is 7.62. The van der Waals surface area contributed by atoms with Crippen molar-refractivity contribution in [2.24, 2.45) is 0 Å². The third kappa shape index (κ3) is 2.92. The topological polar surface area (TPSA) is 49.3 Å². The van der Waals surface area contributed by atoms with Crippen molar-refractivity contribution in [1.29, 1.82) is 0 Å². The van der Waals surface area contributed by atoms with Crippen molar-refractivity contribution in [2.75, 3.05) is 5.32 Å². The van der Waals surface area contributed by atoms with E-state index >= 15 is 0 Å². The highest BCUT2D eigenvalue weighted by molar-refractivity contribution is 5.85. The summed E-state index contributed by atoms with van der Waals surface area (Å²) in [6.07, 6.45) is 0. The number of aliphatic carboxylic acids is 1. The van der Waals surface area contributed by atoms with Crippen LogP contribution in [-0.4, -0.2) is 11.1 Å². The van der Waals surface area contributed by atoms with E-state index < -0.39 is 11.5 Å². The van der Waals surface area contributed by atoms with Gasteiger partial charge in [0.25, 0.3) is 0 Å². The van der Waals surface area contributed by atoms with E-state index in [1.54, 1.807) is 6.92 Å². The summed E-state index contributed by atoms with van der Waals surface area (Å²) in [4.78, 5) is 11.9. The fraction of sp³-hybridized carbons (Fsp3) is 0.278. The molecule has 110 valence electrons. The highest BCUT2D eigenvalue weighted by Gasteiger charge is 2.36. The fourth-order valence-corrected chi connectivity index (χ4v) is 2.59. The molecule has 21 heavy (non-hydrogen) atoms. The Balaban J connectivity index is 2.51. The minimum absolute atomic E-state index is 0.781. The van der Waals surface area contributed by atoms with Crippen LogP contribution >= 0.6 is 0 Å². The molecule has 0 aliphatic rings. The fourth-order valence-electron chi connectivity index (χ4n) is 2.59. The van der Waals surface area contributed by atoms with Crippen LogP contribution in [0.2, 0.25) is 0 Å². The maximum absolute atomic E-state index is 11.9. The summed E-state index contributed by atoms with van der Waals surface area (Å²) >= 11 is 0. The molecule has 1 unspecified atom stereocenters. The second-order valence-corrected chi connectivity index (χ2v) is 5.69. The lowest BCUT2D eigenvalue weighted by Gasteiger charge is -2.30. The molecule has 1 atom stereocenters. The molecule has 2 N–H and O–H groups in total. The summed E-state index contributed by atoms with van der Waals surface area (Å²) in [6, 6.07) is 13.6. The highest BCUT2D eigenvalue weighted by Crippen LogP contribution is 2.30. The van der Waals surface area contributed by atoms with Crippen LogP contribution in [0.4, 0.5) is 5.69 Å². The molecule has 0 bridgehead atoms. The van der Waals surface area contributed by atoms with Crippen molar-refractivity contribution in [2.45, 2.75) is 33.2 Å². The van der Waals surface area contributed by atoms with E-state index in [0.717, 1.165) is 27.9 Å². The number of anilines is 1. The van der Waals surface area contributed by atoms with Gasteiger partial charge in [0.05, 0.1) is 0 Å². The minimum Gasteiger partial charge on any atom is -0.479 e. The molecule has 2 rings (SSSR count). The van der Waals surface area contributed by atoms with Gasteiger partial charge in [-0.15, -0.1) is 0 Å². The van der Waals surface area contributed by atoms with E-state index in [1.165, 1.54) is 0 Å². The molecule has 0 aliphatic carbocycles. The van der Waals surface area contributed by atoms with Gasteiger partial charge in [0.15, 0.2) is 5.54 Å². The van der Waals surface area contributed by atoms with E-state index in [4.69, 9.17) is 0 Å². The molecular weight excluding hydrogens is 262 g/mol. The first-order valence-corrected chi connectivity index (χ1v) is 6.99. The Morgan fingerprint density at radius 2 is 1.71 bits per heavy atom. The minimum atomic E-state index is -1.16. The van der Waals surface area contributed by atoms with Gasteiger partial charge >= 0.3 is 5.97 Å². The van der Waals surface area contributed by atoms with E-state index in [-0.39, 0.29) is 0 Å². The van der Waals surface area contributed by atoms with Crippen LogP contribution in [0.1, 0.15) is 29.2 Å². The molecule has 0 amide bonds. The summed E-state index contributed by atoms with van der Waals surface area (Å²) < 4.78 is 0. The zero-order chi connectivity index (χ0) is 15.6. The summed E-state index contributed by atoms with van der Waals surface area (Å²) in [5, 5.41) is 13.0. The highest BCUT2D eigenvalue weighted by atomic mass is 16.4. The SMILES string of the molecule is Cc1ccc(C(C)(Nc2ccccc2C)C(=O)O)c(C)c1.